The first-order valence-electron chi connectivity index (χ1n) is 6.72. The summed E-state index contributed by atoms with van der Waals surface area (Å²) in [5, 5.41) is 3.28. The van der Waals surface area contributed by atoms with E-state index in [-0.39, 0.29) is 17.6 Å². The quantitative estimate of drug-likeness (QED) is 0.843. The highest BCUT2D eigenvalue weighted by Crippen LogP contribution is 2.28. The van der Waals surface area contributed by atoms with Gasteiger partial charge in [-0.3, -0.25) is 4.79 Å². The maximum absolute atomic E-state index is 11.8. The summed E-state index contributed by atoms with van der Waals surface area (Å²) in [6.07, 6.45) is 1.06. The molecule has 1 rings (SSSR count). The zero-order valence-corrected chi connectivity index (χ0v) is 13.3. The van der Waals surface area contributed by atoms with E-state index >= 15 is 0 Å². The minimum atomic E-state index is -0.343. The topological polar surface area (TPSA) is 64.3 Å². The van der Waals surface area contributed by atoms with Crippen LogP contribution in [0.25, 0.3) is 0 Å². The molecule has 0 bridgehead atoms. The van der Waals surface area contributed by atoms with Crippen LogP contribution in [0.4, 0.5) is 5.69 Å². The fraction of sp³-hybridized carbons (Fsp3) is 0.533. The number of carbonyl (C=O) groups excluding carboxylic acids is 1. The van der Waals surface area contributed by atoms with Gasteiger partial charge in [-0.15, -0.1) is 0 Å². The molecular formula is C15H23ClN2O2. The molecule has 0 unspecified atom stereocenters. The van der Waals surface area contributed by atoms with Crippen molar-refractivity contribution in [3.05, 3.63) is 23.2 Å². The molecule has 112 valence electrons. The lowest BCUT2D eigenvalue weighted by molar-refractivity contribution is -0.116. The molecule has 0 atom stereocenters. The zero-order valence-electron chi connectivity index (χ0n) is 12.5. The number of nitrogens with one attached hydrogen (secondary N) is 1. The van der Waals surface area contributed by atoms with Crippen LogP contribution in [0, 0.1) is 0 Å². The van der Waals surface area contributed by atoms with E-state index in [4.69, 9.17) is 22.1 Å². The van der Waals surface area contributed by atoms with Gasteiger partial charge >= 0.3 is 0 Å². The van der Waals surface area contributed by atoms with Crippen LogP contribution >= 0.6 is 11.6 Å². The lowest BCUT2D eigenvalue weighted by Gasteiger charge is -2.17. The molecule has 4 nitrogen and oxygen atoms in total. The first-order chi connectivity index (χ1) is 9.17. The molecule has 0 fully saturated rings. The predicted octanol–water partition coefficient (Wildman–Crippen LogP) is 3.58. The van der Waals surface area contributed by atoms with Gasteiger partial charge in [0.1, 0.15) is 5.75 Å². The monoisotopic (exact) mass is 298 g/mol. The minimum Gasteiger partial charge on any atom is -0.489 e. The highest BCUT2D eigenvalue weighted by Gasteiger charge is 2.13. The number of hydrogen-bond donors (Lipinski definition) is 2. The van der Waals surface area contributed by atoms with E-state index in [1.54, 1.807) is 18.2 Å². The molecule has 0 heterocycles. The SMILES string of the molecule is CC(C)Oc1ccc(NC(=O)CCC(C)(C)N)cc1Cl. The Morgan fingerprint density at radius 2 is 2.10 bits per heavy atom. The molecule has 0 aliphatic rings. The van der Waals surface area contributed by atoms with Crippen LogP contribution in [-0.4, -0.2) is 17.6 Å². The third kappa shape index (κ3) is 6.26. The normalized spacial score (nSPS) is 11.6. The van der Waals surface area contributed by atoms with E-state index in [1.807, 2.05) is 27.7 Å². The molecule has 0 radical (unpaired) electrons. The van der Waals surface area contributed by atoms with Crippen molar-refractivity contribution in [3.63, 3.8) is 0 Å². The van der Waals surface area contributed by atoms with Gasteiger partial charge in [0.2, 0.25) is 5.91 Å². The third-order valence-electron chi connectivity index (χ3n) is 2.57. The first-order valence-corrected chi connectivity index (χ1v) is 7.10. The summed E-state index contributed by atoms with van der Waals surface area (Å²) >= 11 is 6.11. The Labute approximate surface area is 125 Å². The molecule has 0 saturated heterocycles. The zero-order chi connectivity index (χ0) is 15.3. The second-order valence-corrected chi connectivity index (χ2v) is 6.26. The van der Waals surface area contributed by atoms with Crippen molar-refractivity contribution in [1.82, 2.24) is 0 Å². The first kappa shape index (κ1) is 16.8. The lowest BCUT2D eigenvalue weighted by atomic mass is 10.00. The number of ether oxygens (including phenoxy) is 1. The molecular weight excluding hydrogens is 276 g/mol. The second kappa shape index (κ2) is 6.95. The Morgan fingerprint density at radius 1 is 1.45 bits per heavy atom. The maximum atomic E-state index is 11.8. The van der Waals surface area contributed by atoms with Gasteiger partial charge in [-0.2, -0.15) is 0 Å². The van der Waals surface area contributed by atoms with Crippen molar-refractivity contribution < 1.29 is 9.53 Å². The number of halogens is 1. The summed E-state index contributed by atoms with van der Waals surface area (Å²) in [5.74, 6) is 0.542. The summed E-state index contributed by atoms with van der Waals surface area (Å²) in [6.45, 7) is 7.66. The van der Waals surface area contributed by atoms with Gasteiger partial charge in [-0.1, -0.05) is 11.6 Å². The fourth-order valence-corrected chi connectivity index (χ4v) is 1.81. The standard InChI is InChI=1S/C15H23ClN2O2/c1-10(2)20-13-6-5-11(9-12(13)16)18-14(19)7-8-15(3,4)17/h5-6,9-10H,7-8,17H2,1-4H3,(H,18,19). The van der Waals surface area contributed by atoms with Crippen LogP contribution in [0.2, 0.25) is 5.02 Å². The molecule has 0 aliphatic heterocycles. The largest absolute Gasteiger partial charge is 0.489 e. The number of carbonyl (C=O) groups is 1. The van der Waals surface area contributed by atoms with Gasteiger partial charge in [0.15, 0.2) is 0 Å². The molecule has 0 saturated carbocycles. The fourth-order valence-electron chi connectivity index (χ4n) is 1.59. The van der Waals surface area contributed by atoms with E-state index in [0.717, 1.165) is 0 Å². The van der Waals surface area contributed by atoms with Crippen LogP contribution in [0.1, 0.15) is 40.5 Å². The van der Waals surface area contributed by atoms with Crippen molar-refractivity contribution in [2.24, 2.45) is 5.73 Å². The summed E-state index contributed by atoms with van der Waals surface area (Å²) in [7, 11) is 0. The van der Waals surface area contributed by atoms with Gasteiger partial charge in [0, 0.05) is 17.6 Å². The maximum Gasteiger partial charge on any atom is 0.224 e. The summed E-state index contributed by atoms with van der Waals surface area (Å²) in [4.78, 5) is 11.8. The van der Waals surface area contributed by atoms with Gasteiger partial charge in [0.25, 0.3) is 0 Å². The van der Waals surface area contributed by atoms with Crippen LogP contribution in [-0.2, 0) is 4.79 Å². The van der Waals surface area contributed by atoms with Gasteiger partial charge < -0.3 is 15.8 Å². The number of amides is 1. The Morgan fingerprint density at radius 3 is 2.60 bits per heavy atom. The average Bonchev–Trinajstić information content (AvgIpc) is 2.29. The smallest absolute Gasteiger partial charge is 0.224 e. The van der Waals surface area contributed by atoms with E-state index in [1.165, 1.54) is 0 Å². The van der Waals surface area contributed by atoms with Gasteiger partial charge in [-0.05, 0) is 52.3 Å². The molecule has 0 spiro atoms. The van der Waals surface area contributed by atoms with Crippen LogP contribution in [0.5, 0.6) is 5.75 Å². The second-order valence-electron chi connectivity index (χ2n) is 5.85. The van der Waals surface area contributed by atoms with Crippen molar-refractivity contribution in [2.75, 3.05) is 5.32 Å². The molecule has 5 heteroatoms. The van der Waals surface area contributed by atoms with Crippen LogP contribution < -0.4 is 15.8 Å². The number of anilines is 1. The van der Waals surface area contributed by atoms with E-state index in [9.17, 15) is 4.79 Å². The lowest BCUT2D eigenvalue weighted by Crippen LogP contribution is -2.33. The molecule has 1 aromatic carbocycles. The molecule has 1 amide bonds. The van der Waals surface area contributed by atoms with Crippen LogP contribution in [0.15, 0.2) is 18.2 Å². The highest BCUT2D eigenvalue weighted by molar-refractivity contribution is 6.32. The van der Waals surface area contributed by atoms with Crippen molar-refractivity contribution in [3.8, 4) is 5.75 Å². The molecule has 1 aromatic rings. The highest BCUT2D eigenvalue weighted by atomic mass is 35.5. The van der Waals surface area contributed by atoms with E-state index in [2.05, 4.69) is 5.32 Å². The predicted molar refractivity (Wildman–Crippen MR) is 83.3 cm³/mol. The molecule has 3 N–H and O–H groups in total. The average molecular weight is 299 g/mol. The Balaban J connectivity index is 2.60. The van der Waals surface area contributed by atoms with E-state index < -0.39 is 0 Å². The number of rotatable bonds is 6. The van der Waals surface area contributed by atoms with Gasteiger partial charge in [0.05, 0.1) is 11.1 Å². The minimum absolute atomic E-state index is 0.0553. The Hall–Kier alpha value is -1.26. The van der Waals surface area contributed by atoms with E-state index in [0.29, 0.717) is 29.3 Å². The Bertz CT molecular complexity index is 467. The van der Waals surface area contributed by atoms with Crippen molar-refractivity contribution in [2.45, 2.75) is 52.2 Å². The molecule has 0 aromatic heterocycles. The number of nitrogens with two attached hydrogens (primary N) is 1. The summed E-state index contributed by atoms with van der Waals surface area (Å²) < 4.78 is 5.54. The molecule has 20 heavy (non-hydrogen) atoms. The number of hydrogen-bond acceptors (Lipinski definition) is 3. The Kier molecular flexibility index (Phi) is 5.84. The van der Waals surface area contributed by atoms with Crippen molar-refractivity contribution >= 4 is 23.2 Å². The summed E-state index contributed by atoms with van der Waals surface area (Å²) in [6, 6.07) is 5.21. The van der Waals surface area contributed by atoms with Gasteiger partial charge in [-0.25, -0.2) is 0 Å². The summed E-state index contributed by atoms with van der Waals surface area (Å²) in [5.41, 5.74) is 6.16. The number of benzene rings is 1. The third-order valence-corrected chi connectivity index (χ3v) is 2.87. The van der Waals surface area contributed by atoms with Crippen molar-refractivity contribution in [1.29, 1.82) is 0 Å². The van der Waals surface area contributed by atoms with Crippen LogP contribution in [0.3, 0.4) is 0 Å². The molecule has 0 aliphatic carbocycles.